The maximum Gasteiger partial charge on any atom is 0.251 e. The SMILES string of the molecule is CCNC(=O)c1ccc(S(=O)(=O)c2ccccc2CNC(=N)Nc2ccnc(C#N)c2)cc1. The molecule has 0 aliphatic rings. The molecule has 2 aromatic carbocycles. The van der Waals surface area contributed by atoms with Gasteiger partial charge in [-0.05, 0) is 55.0 Å². The van der Waals surface area contributed by atoms with E-state index in [1.54, 1.807) is 31.2 Å². The molecule has 0 aliphatic heterocycles. The first kappa shape index (κ1) is 23.4. The maximum atomic E-state index is 13.2. The summed E-state index contributed by atoms with van der Waals surface area (Å²) in [6.07, 6.45) is 1.45. The molecular weight excluding hydrogens is 440 g/mol. The van der Waals surface area contributed by atoms with Crippen molar-refractivity contribution in [2.45, 2.75) is 23.3 Å². The quantitative estimate of drug-likeness (QED) is 0.312. The van der Waals surface area contributed by atoms with Crippen molar-refractivity contribution in [1.82, 2.24) is 15.6 Å². The zero-order valence-corrected chi connectivity index (χ0v) is 18.6. The van der Waals surface area contributed by atoms with E-state index >= 15 is 0 Å². The summed E-state index contributed by atoms with van der Waals surface area (Å²) in [4.78, 5) is 16.0. The number of nitriles is 1. The highest BCUT2D eigenvalue weighted by Crippen LogP contribution is 2.24. The Labute approximate surface area is 191 Å². The average Bonchev–Trinajstić information content (AvgIpc) is 2.83. The topological polar surface area (TPSA) is 148 Å². The van der Waals surface area contributed by atoms with Gasteiger partial charge in [0.1, 0.15) is 11.8 Å². The van der Waals surface area contributed by atoms with Crippen LogP contribution in [0.5, 0.6) is 0 Å². The van der Waals surface area contributed by atoms with Crippen LogP contribution in [-0.4, -0.2) is 31.8 Å². The van der Waals surface area contributed by atoms with E-state index < -0.39 is 9.84 Å². The number of nitrogens with one attached hydrogen (secondary N) is 4. The van der Waals surface area contributed by atoms with Crippen LogP contribution in [0.25, 0.3) is 0 Å². The fourth-order valence-electron chi connectivity index (χ4n) is 3.03. The molecule has 168 valence electrons. The predicted octanol–water partition coefficient (Wildman–Crippen LogP) is 2.67. The van der Waals surface area contributed by atoms with E-state index in [-0.39, 0.29) is 33.9 Å². The van der Waals surface area contributed by atoms with Crippen molar-refractivity contribution >= 4 is 27.4 Å². The minimum absolute atomic E-state index is 0.0661. The van der Waals surface area contributed by atoms with Gasteiger partial charge in [0.2, 0.25) is 9.84 Å². The Morgan fingerprint density at radius 3 is 2.52 bits per heavy atom. The Bertz CT molecular complexity index is 1310. The summed E-state index contributed by atoms with van der Waals surface area (Å²) in [5.74, 6) is -0.336. The highest BCUT2D eigenvalue weighted by molar-refractivity contribution is 7.91. The summed E-state index contributed by atoms with van der Waals surface area (Å²) in [6.45, 7) is 2.36. The lowest BCUT2D eigenvalue weighted by molar-refractivity contribution is 0.0955. The van der Waals surface area contributed by atoms with E-state index in [1.165, 1.54) is 42.6 Å². The molecule has 0 bridgehead atoms. The lowest BCUT2D eigenvalue weighted by Gasteiger charge is -2.14. The van der Waals surface area contributed by atoms with Crippen LogP contribution in [0.1, 0.15) is 28.5 Å². The Balaban J connectivity index is 1.76. The lowest BCUT2D eigenvalue weighted by atomic mass is 10.2. The number of sulfone groups is 1. The van der Waals surface area contributed by atoms with Gasteiger partial charge in [0.25, 0.3) is 5.91 Å². The van der Waals surface area contributed by atoms with Crippen LogP contribution in [0, 0.1) is 16.7 Å². The standard InChI is InChI=1S/C23H22N6O3S/c1-2-26-22(30)16-7-9-20(10-8-16)33(31,32)21-6-4-3-5-17(21)15-28-23(25)29-18-11-12-27-19(13-18)14-24/h3-13H,2,15H2,1H3,(H,26,30)(H3,25,27,28,29). The second kappa shape index (κ2) is 10.4. The van der Waals surface area contributed by atoms with Crippen LogP contribution in [0.2, 0.25) is 0 Å². The third-order valence-corrected chi connectivity index (χ3v) is 6.50. The monoisotopic (exact) mass is 462 g/mol. The number of hydrogen-bond acceptors (Lipinski definition) is 6. The van der Waals surface area contributed by atoms with E-state index in [4.69, 9.17) is 10.7 Å². The molecule has 3 rings (SSSR count). The number of hydrogen-bond donors (Lipinski definition) is 4. The predicted molar refractivity (Wildman–Crippen MR) is 123 cm³/mol. The van der Waals surface area contributed by atoms with Gasteiger partial charge in [-0.15, -0.1) is 0 Å². The van der Waals surface area contributed by atoms with Gasteiger partial charge >= 0.3 is 0 Å². The molecular formula is C23H22N6O3S. The van der Waals surface area contributed by atoms with E-state index in [2.05, 4.69) is 20.9 Å². The molecule has 9 nitrogen and oxygen atoms in total. The number of anilines is 1. The number of rotatable bonds is 7. The summed E-state index contributed by atoms with van der Waals surface area (Å²) in [7, 11) is -3.85. The first-order valence-corrected chi connectivity index (χ1v) is 11.5. The minimum atomic E-state index is -3.85. The van der Waals surface area contributed by atoms with E-state index in [0.717, 1.165) is 0 Å². The lowest BCUT2D eigenvalue weighted by Crippen LogP contribution is -2.29. The highest BCUT2D eigenvalue weighted by atomic mass is 32.2. The van der Waals surface area contributed by atoms with Gasteiger partial charge in [0.05, 0.1) is 9.79 Å². The molecule has 0 atom stereocenters. The summed E-state index contributed by atoms with van der Waals surface area (Å²) in [6, 6.07) is 17.3. The largest absolute Gasteiger partial charge is 0.352 e. The summed E-state index contributed by atoms with van der Waals surface area (Å²) < 4.78 is 26.5. The molecule has 3 aromatic rings. The molecule has 0 spiro atoms. The van der Waals surface area contributed by atoms with Gasteiger partial charge in [0, 0.05) is 30.5 Å². The molecule has 0 fully saturated rings. The number of nitrogens with zero attached hydrogens (tertiary/aromatic N) is 2. The molecule has 4 N–H and O–H groups in total. The molecule has 0 unspecified atom stereocenters. The average molecular weight is 463 g/mol. The molecule has 1 amide bonds. The Kier molecular flexibility index (Phi) is 7.38. The van der Waals surface area contributed by atoms with Gasteiger partial charge in [0.15, 0.2) is 5.96 Å². The second-order valence-corrected chi connectivity index (χ2v) is 8.81. The molecule has 0 saturated heterocycles. The fourth-order valence-corrected chi connectivity index (χ4v) is 4.52. The van der Waals surface area contributed by atoms with E-state index in [0.29, 0.717) is 23.4 Å². The first-order valence-electron chi connectivity index (χ1n) is 10.0. The third kappa shape index (κ3) is 5.72. The van der Waals surface area contributed by atoms with Crippen molar-refractivity contribution in [3.05, 3.63) is 83.7 Å². The summed E-state index contributed by atoms with van der Waals surface area (Å²) in [5, 5.41) is 25.3. The normalized spacial score (nSPS) is 10.7. The number of aromatic nitrogens is 1. The van der Waals surface area contributed by atoms with Crippen molar-refractivity contribution in [3.8, 4) is 6.07 Å². The number of guanidine groups is 1. The molecule has 0 radical (unpaired) electrons. The number of benzene rings is 2. The van der Waals surface area contributed by atoms with E-state index in [9.17, 15) is 13.2 Å². The Morgan fingerprint density at radius 1 is 1.09 bits per heavy atom. The zero-order valence-electron chi connectivity index (χ0n) is 17.8. The van der Waals surface area contributed by atoms with Crippen LogP contribution in [0.3, 0.4) is 0 Å². The summed E-state index contributed by atoms with van der Waals surface area (Å²) in [5.41, 5.74) is 1.57. The van der Waals surface area contributed by atoms with Crippen LogP contribution in [0.4, 0.5) is 5.69 Å². The third-order valence-electron chi connectivity index (χ3n) is 4.63. The van der Waals surface area contributed by atoms with Crippen LogP contribution < -0.4 is 16.0 Å². The first-order chi connectivity index (χ1) is 15.8. The minimum Gasteiger partial charge on any atom is -0.352 e. The van der Waals surface area contributed by atoms with Gasteiger partial charge in [-0.3, -0.25) is 10.2 Å². The molecule has 1 aromatic heterocycles. The Hall–Kier alpha value is -4.23. The van der Waals surface area contributed by atoms with Crippen molar-refractivity contribution in [1.29, 1.82) is 10.7 Å². The van der Waals surface area contributed by atoms with Crippen molar-refractivity contribution in [3.63, 3.8) is 0 Å². The number of carbonyl (C=O) groups is 1. The van der Waals surface area contributed by atoms with Crippen molar-refractivity contribution in [2.24, 2.45) is 0 Å². The molecule has 0 aliphatic carbocycles. The second-order valence-electron chi connectivity index (χ2n) is 6.89. The molecule has 33 heavy (non-hydrogen) atoms. The van der Waals surface area contributed by atoms with Crippen LogP contribution in [0.15, 0.2) is 76.7 Å². The highest BCUT2D eigenvalue weighted by Gasteiger charge is 2.21. The van der Waals surface area contributed by atoms with Gasteiger partial charge in [-0.1, -0.05) is 18.2 Å². The number of amides is 1. The molecule has 0 saturated carbocycles. The van der Waals surface area contributed by atoms with Crippen molar-refractivity contribution in [2.75, 3.05) is 11.9 Å². The maximum absolute atomic E-state index is 13.2. The Morgan fingerprint density at radius 2 is 1.82 bits per heavy atom. The van der Waals surface area contributed by atoms with E-state index in [1.807, 2.05) is 6.07 Å². The van der Waals surface area contributed by atoms with Gasteiger partial charge < -0.3 is 16.0 Å². The summed E-state index contributed by atoms with van der Waals surface area (Å²) >= 11 is 0. The fraction of sp³-hybridized carbons (Fsp3) is 0.130. The number of pyridine rings is 1. The smallest absolute Gasteiger partial charge is 0.251 e. The van der Waals surface area contributed by atoms with Crippen molar-refractivity contribution < 1.29 is 13.2 Å². The number of carbonyl (C=O) groups excluding carboxylic acids is 1. The molecule has 1 heterocycles. The zero-order chi connectivity index (χ0) is 23.8. The van der Waals surface area contributed by atoms with Crippen LogP contribution in [-0.2, 0) is 16.4 Å². The van der Waals surface area contributed by atoms with Crippen LogP contribution >= 0.6 is 0 Å². The van der Waals surface area contributed by atoms with Gasteiger partial charge in [-0.2, -0.15) is 5.26 Å². The van der Waals surface area contributed by atoms with Gasteiger partial charge in [-0.25, -0.2) is 13.4 Å². The molecule has 10 heteroatoms.